The molecule has 0 radical (unpaired) electrons. The zero-order valence-electron chi connectivity index (χ0n) is 14.8. The highest BCUT2D eigenvalue weighted by molar-refractivity contribution is 9.10. The molecule has 0 aliphatic heterocycles. The largest absolute Gasteiger partial charge is 0.480 e. The number of carbonyl (C=O) groups excluding carboxylic acids is 1. The average molecular weight is 394 g/mol. The maximum Gasteiger partial charge on any atom is 0.263 e. The summed E-state index contributed by atoms with van der Waals surface area (Å²) in [5.41, 5.74) is 2.14. The van der Waals surface area contributed by atoms with Crippen LogP contribution in [0.25, 0.3) is 0 Å². The molecule has 0 saturated carbocycles. The number of halogens is 1. The first kappa shape index (κ1) is 18.5. The van der Waals surface area contributed by atoms with Gasteiger partial charge in [-0.3, -0.25) is 9.48 Å². The van der Waals surface area contributed by atoms with E-state index in [0.717, 1.165) is 15.6 Å². The number of hydrogen-bond acceptors (Lipinski definition) is 3. The van der Waals surface area contributed by atoms with Crippen molar-refractivity contribution in [2.24, 2.45) is 7.05 Å². The van der Waals surface area contributed by atoms with Crippen LogP contribution in [0.2, 0.25) is 0 Å². The first-order chi connectivity index (χ1) is 11.3. The van der Waals surface area contributed by atoms with Crippen LogP contribution in [0, 0.1) is 6.92 Å². The topological polar surface area (TPSA) is 47.4 Å². The van der Waals surface area contributed by atoms with Gasteiger partial charge in [0.25, 0.3) is 5.91 Å². The molecule has 1 aromatic heterocycles. The minimum Gasteiger partial charge on any atom is -0.480 e. The van der Waals surface area contributed by atoms with E-state index in [0.29, 0.717) is 12.3 Å². The van der Waals surface area contributed by atoms with Gasteiger partial charge in [-0.1, -0.05) is 6.07 Å². The van der Waals surface area contributed by atoms with Crippen molar-refractivity contribution in [2.75, 3.05) is 0 Å². The molecule has 2 aromatic rings. The molecule has 1 heterocycles. The van der Waals surface area contributed by atoms with E-state index >= 15 is 0 Å². The predicted molar refractivity (Wildman–Crippen MR) is 97.9 cm³/mol. The van der Waals surface area contributed by atoms with Gasteiger partial charge in [0.05, 0.1) is 10.7 Å². The van der Waals surface area contributed by atoms with E-state index in [2.05, 4.69) is 21.0 Å². The average Bonchev–Trinajstić information content (AvgIpc) is 2.92. The molecule has 0 N–H and O–H groups in total. The Kier molecular flexibility index (Phi) is 6.04. The molecule has 1 atom stereocenters. The van der Waals surface area contributed by atoms with Gasteiger partial charge >= 0.3 is 0 Å². The maximum absolute atomic E-state index is 12.8. The number of hydrogen-bond donors (Lipinski definition) is 0. The fraction of sp³-hybridized carbons (Fsp3) is 0.444. The van der Waals surface area contributed by atoms with Gasteiger partial charge in [-0.25, -0.2) is 0 Å². The van der Waals surface area contributed by atoms with Gasteiger partial charge in [0.15, 0.2) is 6.10 Å². The first-order valence-electron chi connectivity index (χ1n) is 7.98. The quantitative estimate of drug-likeness (QED) is 0.751. The molecule has 5 nitrogen and oxygen atoms in total. The highest BCUT2D eigenvalue weighted by Gasteiger charge is 2.25. The zero-order valence-corrected chi connectivity index (χ0v) is 16.4. The van der Waals surface area contributed by atoms with E-state index in [4.69, 9.17) is 4.74 Å². The van der Waals surface area contributed by atoms with E-state index in [1.54, 1.807) is 17.8 Å². The highest BCUT2D eigenvalue weighted by Crippen LogP contribution is 2.27. The molecule has 130 valence electrons. The van der Waals surface area contributed by atoms with Crippen molar-refractivity contribution in [1.29, 1.82) is 0 Å². The third-order valence-electron chi connectivity index (χ3n) is 3.76. The van der Waals surface area contributed by atoms with Crippen LogP contribution in [0.3, 0.4) is 0 Å². The van der Waals surface area contributed by atoms with Crippen LogP contribution in [-0.2, 0) is 18.4 Å². The molecule has 0 bridgehead atoms. The molecule has 1 aromatic carbocycles. The Labute approximate surface area is 151 Å². The molecule has 24 heavy (non-hydrogen) atoms. The Bertz CT molecular complexity index is 712. The summed E-state index contributed by atoms with van der Waals surface area (Å²) >= 11 is 3.49. The molecule has 0 spiro atoms. The van der Waals surface area contributed by atoms with Crippen LogP contribution < -0.4 is 4.74 Å². The second-order valence-corrected chi connectivity index (χ2v) is 7.13. The van der Waals surface area contributed by atoms with Gasteiger partial charge in [0.1, 0.15) is 5.75 Å². The van der Waals surface area contributed by atoms with Gasteiger partial charge in [-0.05, 0) is 61.3 Å². The van der Waals surface area contributed by atoms with Crippen molar-refractivity contribution < 1.29 is 9.53 Å². The Morgan fingerprint density at radius 3 is 2.62 bits per heavy atom. The monoisotopic (exact) mass is 393 g/mol. The minimum atomic E-state index is -0.567. The van der Waals surface area contributed by atoms with Crippen molar-refractivity contribution in [3.63, 3.8) is 0 Å². The molecule has 0 fully saturated rings. The summed E-state index contributed by atoms with van der Waals surface area (Å²) in [6.45, 7) is 8.32. The third kappa shape index (κ3) is 4.60. The normalized spacial score (nSPS) is 12.3. The summed E-state index contributed by atoms with van der Waals surface area (Å²) in [5.74, 6) is 0.632. The van der Waals surface area contributed by atoms with E-state index in [-0.39, 0.29) is 11.9 Å². The lowest BCUT2D eigenvalue weighted by atomic mass is 10.2. The number of benzene rings is 1. The molecule has 1 amide bonds. The van der Waals surface area contributed by atoms with Gasteiger partial charge in [-0.2, -0.15) is 5.10 Å². The van der Waals surface area contributed by atoms with Crippen molar-refractivity contribution in [3.8, 4) is 5.75 Å². The number of nitrogens with zero attached hydrogens (tertiary/aromatic N) is 3. The lowest BCUT2D eigenvalue weighted by Gasteiger charge is -2.29. The summed E-state index contributed by atoms with van der Waals surface area (Å²) < 4.78 is 8.47. The highest BCUT2D eigenvalue weighted by atomic mass is 79.9. The van der Waals surface area contributed by atoms with Crippen molar-refractivity contribution in [2.45, 2.75) is 46.4 Å². The number of ether oxygens (including phenoxy) is 1. The smallest absolute Gasteiger partial charge is 0.263 e. The van der Waals surface area contributed by atoms with Gasteiger partial charge in [0.2, 0.25) is 0 Å². The SMILES string of the molecule is Cc1ccc(O[C@H](C)C(=O)N(Cc2cnn(C)c2)C(C)C)c(Br)c1. The lowest BCUT2D eigenvalue weighted by molar-refractivity contribution is -0.140. The molecule has 0 aliphatic carbocycles. The number of aryl methyl sites for hydroxylation is 2. The minimum absolute atomic E-state index is 0.0404. The summed E-state index contributed by atoms with van der Waals surface area (Å²) in [6, 6.07) is 5.89. The van der Waals surface area contributed by atoms with Crippen molar-refractivity contribution in [3.05, 3.63) is 46.2 Å². The predicted octanol–water partition coefficient (Wildman–Crippen LogP) is 3.70. The van der Waals surface area contributed by atoms with Crippen molar-refractivity contribution in [1.82, 2.24) is 14.7 Å². The van der Waals surface area contributed by atoms with Crippen LogP contribution >= 0.6 is 15.9 Å². The molecular weight excluding hydrogens is 370 g/mol. The molecule has 6 heteroatoms. The zero-order chi connectivity index (χ0) is 17.9. The number of amides is 1. The van der Waals surface area contributed by atoms with Crippen molar-refractivity contribution >= 4 is 21.8 Å². The molecule has 0 saturated heterocycles. The fourth-order valence-corrected chi connectivity index (χ4v) is 3.03. The number of carbonyl (C=O) groups is 1. The summed E-state index contributed by atoms with van der Waals surface area (Å²) in [6.07, 6.45) is 3.14. The van der Waals surface area contributed by atoms with Crippen LogP contribution in [0.5, 0.6) is 5.75 Å². The van der Waals surface area contributed by atoms with Gasteiger partial charge in [0, 0.05) is 31.4 Å². The Morgan fingerprint density at radius 1 is 1.38 bits per heavy atom. The van der Waals surface area contributed by atoms with Crippen LogP contribution in [0.1, 0.15) is 31.9 Å². The number of aromatic nitrogens is 2. The second kappa shape index (κ2) is 7.83. The summed E-state index contributed by atoms with van der Waals surface area (Å²) in [7, 11) is 1.87. The molecule has 0 unspecified atom stereocenters. The van der Waals surface area contributed by atoms with E-state index in [1.165, 1.54) is 0 Å². The van der Waals surface area contributed by atoms with Crippen LogP contribution in [0.4, 0.5) is 0 Å². The van der Waals surface area contributed by atoms with E-state index in [9.17, 15) is 4.79 Å². The van der Waals surface area contributed by atoms with Crippen LogP contribution in [0.15, 0.2) is 35.1 Å². The van der Waals surface area contributed by atoms with Gasteiger partial charge < -0.3 is 9.64 Å². The van der Waals surface area contributed by atoms with Gasteiger partial charge in [-0.15, -0.1) is 0 Å². The van der Waals surface area contributed by atoms with E-state index < -0.39 is 6.10 Å². The Morgan fingerprint density at radius 2 is 2.08 bits per heavy atom. The number of rotatable bonds is 6. The van der Waals surface area contributed by atoms with E-state index in [1.807, 2.05) is 57.1 Å². The molecule has 2 rings (SSSR count). The standard InChI is InChI=1S/C18H24BrN3O2/c1-12(2)22(11-15-9-20-21(5)10-15)18(23)14(4)24-17-7-6-13(3)8-16(17)19/h6-10,12,14H,11H2,1-5H3/t14-/m1/s1. The first-order valence-corrected chi connectivity index (χ1v) is 8.78. The fourth-order valence-electron chi connectivity index (χ4n) is 2.44. The summed E-state index contributed by atoms with van der Waals surface area (Å²) in [5, 5.41) is 4.16. The molecular formula is C18H24BrN3O2. The maximum atomic E-state index is 12.8. The molecule has 0 aliphatic rings. The second-order valence-electron chi connectivity index (χ2n) is 6.28. The Balaban J connectivity index is 2.10. The third-order valence-corrected chi connectivity index (χ3v) is 4.38. The Hall–Kier alpha value is -1.82. The lowest BCUT2D eigenvalue weighted by Crippen LogP contribution is -2.43. The van der Waals surface area contributed by atoms with Crippen LogP contribution in [-0.4, -0.2) is 32.7 Å². The summed E-state index contributed by atoms with van der Waals surface area (Å²) in [4.78, 5) is 14.6.